The van der Waals surface area contributed by atoms with Gasteiger partial charge in [0.15, 0.2) is 0 Å². The Hall–Kier alpha value is -1.04. The Balaban J connectivity index is 2.33. The molecule has 0 bridgehead atoms. The second kappa shape index (κ2) is 8.96. The smallest absolute Gasteiger partial charge is 0.138 e. The fourth-order valence-electron chi connectivity index (χ4n) is 1.53. The highest BCUT2D eigenvalue weighted by Crippen LogP contribution is 2.13. The van der Waals surface area contributed by atoms with E-state index in [9.17, 15) is 4.39 Å². The lowest BCUT2D eigenvalue weighted by Gasteiger charge is -2.08. The van der Waals surface area contributed by atoms with Gasteiger partial charge in [-0.25, -0.2) is 4.39 Å². The molecule has 0 unspecified atom stereocenters. The standard InChI is InChI=1S/C14H20FNO2S/c1-2-3-7-17-8-9-18-10-11-5-4-6-12(13(11)15)14(16)19/h4-6H,2-3,7-10H2,1H3,(H2,16,19). The zero-order valence-electron chi connectivity index (χ0n) is 11.2. The molecule has 0 radical (unpaired) electrons. The van der Waals surface area contributed by atoms with E-state index in [2.05, 4.69) is 6.92 Å². The number of thiocarbonyl (C=S) groups is 1. The Bertz CT molecular complexity index is 412. The topological polar surface area (TPSA) is 44.5 Å². The summed E-state index contributed by atoms with van der Waals surface area (Å²) in [7, 11) is 0. The Morgan fingerprint density at radius 2 is 2.00 bits per heavy atom. The molecule has 5 heteroatoms. The zero-order chi connectivity index (χ0) is 14.1. The molecule has 0 spiro atoms. The summed E-state index contributed by atoms with van der Waals surface area (Å²) in [6, 6.07) is 4.94. The van der Waals surface area contributed by atoms with E-state index in [-0.39, 0.29) is 17.2 Å². The molecule has 0 amide bonds. The van der Waals surface area contributed by atoms with E-state index in [1.165, 1.54) is 0 Å². The van der Waals surface area contributed by atoms with Gasteiger partial charge in [-0.05, 0) is 12.5 Å². The molecule has 0 saturated heterocycles. The van der Waals surface area contributed by atoms with Gasteiger partial charge in [-0.1, -0.05) is 37.7 Å². The van der Waals surface area contributed by atoms with Crippen LogP contribution in [0, 0.1) is 5.82 Å². The Morgan fingerprint density at radius 1 is 1.26 bits per heavy atom. The quantitative estimate of drug-likeness (QED) is 0.560. The minimum absolute atomic E-state index is 0.0576. The van der Waals surface area contributed by atoms with E-state index < -0.39 is 5.82 Å². The van der Waals surface area contributed by atoms with Crippen LogP contribution in [0.3, 0.4) is 0 Å². The van der Waals surface area contributed by atoms with E-state index >= 15 is 0 Å². The Labute approximate surface area is 118 Å². The third kappa shape index (κ3) is 5.63. The predicted octanol–water partition coefficient (Wildman–Crippen LogP) is 2.79. The molecule has 0 atom stereocenters. The van der Waals surface area contributed by atoms with Crippen LogP contribution in [0.5, 0.6) is 0 Å². The summed E-state index contributed by atoms with van der Waals surface area (Å²) in [5, 5.41) is 0. The SMILES string of the molecule is CCCCOCCOCc1cccc(C(N)=S)c1F. The lowest BCUT2D eigenvalue weighted by atomic mass is 10.1. The number of unbranched alkanes of at least 4 members (excludes halogenated alkanes) is 1. The minimum Gasteiger partial charge on any atom is -0.389 e. The van der Waals surface area contributed by atoms with E-state index in [4.69, 9.17) is 27.4 Å². The van der Waals surface area contributed by atoms with E-state index in [1.807, 2.05) is 0 Å². The molecule has 1 aromatic rings. The van der Waals surface area contributed by atoms with Gasteiger partial charge in [0, 0.05) is 17.7 Å². The van der Waals surface area contributed by atoms with Gasteiger partial charge in [0.1, 0.15) is 10.8 Å². The second-order valence-corrected chi connectivity index (χ2v) is 4.60. The number of benzene rings is 1. The molecule has 0 aromatic heterocycles. The van der Waals surface area contributed by atoms with Crippen LogP contribution in [0.15, 0.2) is 18.2 Å². The maximum atomic E-state index is 13.9. The predicted molar refractivity (Wildman–Crippen MR) is 77.7 cm³/mol. The molecule has 19 heavy (non-hydrogen) atoms. The number of rotatable bonds is 9. The van der Waals surface area contributed by atoms with Crippen molar-refractivity contribution in [2.45, 2.75) is 26.4 Å². The highest BCUT2D eigenvalue weighted by atomic mass is 32.1. The summed E-state index contributed by atoms with van der Waals surface area (Å²) in [6.07, 6.45) is 2.16. The summed E-state index contributed by atoms with van der Waals surface area (Å²) >= 11 is 4.78. The normalized spacial score (nSPS) is 10.6. The van der Waals surface area contributed by atoms with Crippen molar-refractivity contribution >= 4 is 17.2 Å². The summed E-state index contributed by atoms with van der Waals surface area (Å²) in [5.41, 5.74) is 6.15. The number of hydrogen-bond donors (Lipinski definition) is 1. The van der Waals surface area contributed by atoms with Crippen molar-refractivity contribution in [1.82, 2.24) is 0 Å². The molecule has 1 aromatic carbocycles. The summed E-state index contributed by atoms with van der Waals surface area (Å²) in [5.74, 6) is -0.401. The van der Waals surface area contributed by atoms with Gasteiger partial charge in [-0.2, -0.15) is 0 Å². The van der Waals surface area contributed by atoms with Crippen molar-refractivity contribution in [2.24, 2.45) is 5.73 Å². The van der Waals surface area contributed by atoms with Gasteiger partial charge >= 0.3 is 0 Å². The Kier molecular flexibility index (Phi) is 7.55. The minimum atomic E-state index is -0.401. The average molecular weight is 285 g/mol. The van der Waals surface area contributed by atoms with Crippen LogP contribution in [0.25, 0.3) is 0 Å². The number of hydrogen-bond acceptors (Lipinski definition) is 3. The summed E-state index contributed by atoms with van der Waals surface area (Å²) in [6.45, 7) is 4.01. The van der Waals surface area contributed by atoms with E-state index in [1.54, 1.807) is 18.2 Å². The van der Waals surface area contributed by atoms with Crippen molar-refractivity contribution in [3.8, 4) is 0 Å². The highest BCUT2D eigenvalue weighted by Gasteiger charge is 2.09. The number of halogens is 1. The van der Waals surface area contributed by atoms with Crippen molar-refractivity contribution in [1.29, 1.82) is 0 Å². The van der Waals surface area contributed by atoms with Crippen LogP contribution >= 0.6 is 12.2 Å². The second-order valence-electron chi connectivity index (χ2n) is 4.16. The van der Waals surface area contributed by atoms with Gasteiger partial charge in [-0.3, -0.25) is 0 Å². The van der Waals surface area contributed by atoms with Crippen molar-refractivity contribution < 1.29 is 13.9 Å². The largest absolute Gasteiger partial charge is 0.389 e. The maximum Gasteiger partial charge on any atom is 0.138 e. The van der Waals surface area contributed by atoms with Crippen LogP contribution in [-0.2, 0) is 16.1 Å². The average Bonchev–Trinajstić information content (AvgIpc) is 2.39. The zero-order valence-corrected chi connectivity index (χ0v) is 12.0. The van der Waals surface area contributed by atoms with Crippen LogP contribution in [0.1, 0.15) is 30.9 Å². The van der Waals surface area contributed by atoms with Gasteiger partial charge in [0.2, 0.25) is 0 Å². The van der Waals surface area contributed by atoms with E-state index in [0.717, 1.165) is 19.4 Å². The molecule has 0 fully saturated rings. The highest BCUT2D eigenvalue weighted by molar-refractivity contribution is 7.80. The molecule has 106 valence electrons. The molecule has 0 aliphatic heterocycles. The first kappa shape index (κ1) is 16.0. The van der Waals surface area contributed by atoms with Crippen molar-refractivity contribution in [3.63, 3.8) is 0 Å². The van der Waals surface area contributed by atoms with Crippen molar-refractivity contribution in [2.75, 3.05) is 19.8 Å². The molecular weight excluding hydrogens is 265 g/mol. The monoisotopic (exact) mass is 285 g/mol. The van der Waals surface area contributed by atoms with Gasteiger partial charge in [0.25, 0.3) is 0 Å². The molecule has 0 aliphatic rings. The molecular formula is C14H20FNO2S. The third-order valence-corrected chi connectivity index (χ3v) is 2.84. The van der Waals surface area contributed by atoms with Gasteiger partial charge in [0.05, 0.1) is 19.8 Å². The van der Waals surface area contributed by atoms with E-state index in [0.29, 0.717) is 18.8 Å². The molecule has 0 heterocycles. The van der Waals surface area contributed by atoms with Crippen molar-refractivity contribution in [3.05, 3.63) is 35.1 Å². The van der Waals surface area contributed by atoms with Crippen LogP contribution in [0.2, 0.25) is 0 Å². The molecule has 0 aliphatic carbocycles. The maximum absolute atomic E-state index is 13.9. The van der Waals surface area contributed by atoms with Crippen LogP contribution in [-0.4, -0.2) is 24.8 Å². The first-order valence-corrected chi connectivity index (χ1v) is 6.80. The molecule has 3 nitrogen and oxygen atoms in total. The number of nitrogens with two attached hydrogens (primary N) is 1. The van der Waals surface area contributed by atoms with Crippen LogP contribution in [0.4, 0.5) is 4.39 Å². The number of ether oxygens (including phenoxy) is 2. The van der Waals surface area contributed by atoms with Crippen LogP contribution < -0.4 is 5.73 Å². The molecule has 2 N–H and O–H groups in total. The lowest BCUT2D eigenvalue weighted by molar-refractivity contribution is 0.0388. The van der Waals surface area contributed by atoms with Gasteiger partial charge in [-0.15, -0.1) is 0 Å². The summed E-state index contributed by atoms with van der Waals surface area (Å²) in [4.78, 5) is 0.0576. The lowest BCUT2D eigenvalue weighted by Crippen LogP contribution is -2.13. The molecule has 0 saturated carbocycles. The molecule has 1 rings (SSSR count). The fourth-order valence-corrected chi connectivity index (χ4v) is 1.69. The third-order valence-electron chi connectivity index (χ3n) is 2.62. The fraction of sp³-hybridized carbons (Fsp3) is 0.500. The Morgan fingerprint density at radius 3 is 2.68 bits per heavy atom. The van der Waals surface area contributed by atoms with Gasteiger partial charge < -0.3 is 15.2 Å². The first-order chi connectivity index (χ1) is 9.16. The first-order valence-electron chi connectivity index (χ1n) is 6.39. The summed E-state index contributed by atoms with van der Waals surface area (Å²) < 4.78 is 24.6.